The zero-order valence-electron chi connectivity index (χ0n) is 4.81. The first-order valence-electron chi connectivity index (χ1n) is 2.35. The van der Waals surface area contributed by atoms with Gasteiger partial charge in [0, 0.05) is 0 Å². The van der Waals surface area contributed by atoms with Crippen molar-refractivity contribution in [1.29, 1.82) is 0 Å². The molecule has 7 heteroatoms. The minimum atomic E-state index is -0.461. The number of rotatable bonds is 0. The quantitative estimate of drug-likeness (QED) is 0.238. The van der Waals surface area contributed by atoms with E-state index in [0.717, 1.165) is 0 Å². The van der Waals surface area contributed by atoms with E-state index < -0.39 is 11.8 Å². The Balaban J connectivity index is 0.000001000. The number of nitrogens with two attached hydrogens (primary N) is 1. The van der Waals surface area contributed by atoms with E-state index in [-0.39, 0.29) is 40.4 Å². The van der Waals surface area contributed by atoms with Crippen molar-refractivity contribution in [1.82, 2.24) is 9.97 Å². The molecule has 0 saturated carbocycles. The summed E-state index contributed by atoms with van der Waals surface area (Å²) in [5.74, 6) is -0.921. The maximum absolute atomic E-state index is 8.80. The van der Waals surface area contributed by atoms with E-state index in [4.69, 9.17) is 15.9 Å². The second kappa shape index (κ2) is 4.01. The topological polar surface area (TPSA) is 92.3 Å². The Morgan fingerprint density at radius 2 is 1.55 bits per heavy atom. The van der Waals surface area contributed by atoms with Gasteiger partial charge in [0.05, 0.1) is 0 Å². The molecule has 0 amide bonds. The van der Waals surface area contributed by atoms with Crippen LogP contribution in [0.2, 0.25) is 0 Å². The van der Waals surface area contributed by atoms with Crippen molar-refractivity contribution in [3.8, 4) is 11.8 Å². The zero-order chi connectivity index (χ0) is 7.72. The third kappa shape index (κ3) is 2.41. The van der Waals surface area contributed by atoms with E-state index in [1.54, 1.807) is 0 Å². The number of hydrogen-bond donors (Lipinski definition) is 4. The molecule has 11 heavy (non-hydrogen) atoms. The Kier molecular flexibility index (Phi) is 3.95. The molecule has 4 N–H and O–H groups in total. The molecule has 0 atom stereocenters. The number of aromatic hydroxyl groups is 2. The van der Waals surface area contributed by atoms with Gasteiger partial charge < -0.3 is 15.9 Å². The van der Waals surface area contributed by atoms with Crippen molar-refractivity contribution in [2.45, 2.75) is 5.16 Å². The summed E-state index contributed by atoms with van der Waals surface area (Å²) in [6.45, 7) is 0. The molecule has 0 unspecified atom stereocenters. The average molecular weight is 183 g/mol. The fourth-order valence-electron chi connectivity index (χ4n) is 0.435. The number of anilines is 1. The normalized spacial score (nSPS) is 8.82. The minimum absolute atomic E-state index is 0. The van der Waals surface area contributed by atoms with Gasteiger partial charge in [0.1, 0.15) is 0 Å². The predicted octanol–water partition coefficient (Wildman–Crippen LogP) is -0.890. The Morgan fingerprint density at radius 1 is 1.18 bits per heavy atom. The van der Waals surface area contributed by atoms with Crippen molar-refractivity contribution in [2.24, 2.45) is 0 Å². The van der Waals surface area contributed by atoms with Gasteiger partial charge in [0.15, 0.2) is 10.8 Å². The van der Waals surface area contributed by atoms with Crippen molar-refractivity contribution in [2.75, 3.05) is 5.73 Å². The van der Waals surface area contributed by atoms with Crippen LogP contribution in [0.5, 0.6) is 11.8 Å². The molecule has 56 valence electrons. The van der Waals surface area contributed by atoms with Gasteiger partial charge in [-0.2, -0.15) is 9.97 Å². The Hall–Kier alpha value is -0.170. The third-order valence-corrected chi connectivity index (χ3v) is 1.09. The van der Waals surface area contributed by atoms with Crippen molar-refractivity contribution in [3.05, 3.63) is 0 Å². The summed E-state index contributed by atoms with van der Waals surface area (Å²) in [6.07, 6.45) is 0. The summed E-state index contributed by atoms with van der Waals surface area (Å²) in [5.41, 5.74) is 4.85. The van der Waals surface area contributed by atoms with Crippen LogP contribution >= 0.6 is 12.6 Å². The first-order valence-corrected chi connectivity index (χ1v) is 2.80. The van der Waals surface area contributed by atoms with Crippen LogP contribution in [-0.4, -0.2) is 49.7 Å². The van der Waals surface area contributed by atoms with Crippen LogP contribution in [-0.2, 0) is 0 Å². The SMILES string of the molecule is Nc1c(O)nc(S)nc1O.[NaH]. The summed E-state index contributed by atoms with van der Waals surface area (Å²) in [5, 5.41) is 17.6. The van der Waals surface area contributed by atoms with E-state index in [0.29, 0.717) is 0 Å². The molecule has 1 aromatic heterocycles. The van der Waals surface area contributed by atoms with Crippen molar-refractivity contribution < 1.29 is 10.2 Å². The molecule has 1 heterocycles. The van der Waals surface area contributed by atoms with Gasteiger partial charge in [0.25, 0.3) is 0 Å². The molecule has 0 fully saturated rings. The molecule has 0 aliphatic carbocycles. The van der Waals surface area contributed by atoms with Crippen LogP contribution < -0.4 is 5.73 Å². The number of nitrogens with zero attached hydrogens (tertiary/aromatic N) is 2. The number of nitrogen functional groups attached to an aromatic ring is 1. The van der Waals surface area contributed by atoms with Crippen LogP contribution in [0.15, 0.2) is 5.16 Å². The molecule has 0 aromatic carbocycles. The Morgan fingerprint density at radius 3 is 1.91 bits per heavy atom. The Bertz CT molecular complexity index is 247. The van der Waals surface area contributed by atoms with E-state index in [9.17, 15) is 0 Å². The van der Waals surface area contributed by atoms with E-state index in [1.807, 2.05) is 0 Å². The van der Waals surface area contributed by atoms with Gasteiger partial charge in [0.2, 0.25) is 11.8 Å². The van der Waals surface area contributed by atoms with Gasteiger partial charge >= 0.3 is 29.6 Å². The molecule has 1 rings (SSSR count). The zero-order valence-corrected chi connectivity index (χ0v) is 5.71. The molecular weight excluding hydrogens is 177 g/mol. The van der Waals surface area contributed by atoms with Crippen LogP contribution in [0.4, 0.5) is 5.69 Å². The van der Waals surface area contributed by atoms with Crippen LogP contribution in [0.25, 0.3) is 0 Å². The van der Waals surface area contributed by atoms with Gasteiger partial charge in [-0.05, 0) is 0 Å². The fourth-order valence-corrected chi connectivity index (χ4v) is 0.624. The van der Waals surface area contributed by atoms with Gasteiger partial charge in [-0.15, -0.1) is 12.6 Å². The second-order valence-electron chi connectivity index (χ2n) is 1.58. The first-order chi connectivity index (χ1) is 4.61. The summed E-state index contributed by atoms with van der Waals surface area (Å²) >= 11 is 3.67. The van der Waals surface area contributed by atoms with E-state index >= 15 is 0 Å². The third-order valence-electron chi connectivity index (χ3n) is 0.894. The van der Waals surface area contributed by atoms with Crippen LogP contribution in [0.1, 0.15) is 0 Å². The summed E-state index contributed by atoms with van der Waals surface area (Å²) in [6, 6.07) is 0. The average Bonchev–Trinajstić information content (AvgIpc) is 1.82. The van der Waals surface area contributed by atoms with Crippen molar-refractivity contribution in [3.63, 3.8) is 0 Å². The molecular formula is C4H6N3NaO2S. The number of hydrogen-bond acceptors (Lipinski definition) is 6. The van der Waals surface area contributed by atoms with Crippen LogP contribution in [0, 0.1) is 0 Å². The standard InChI is InChI=1S/C4H5N3O2S.Na.H/c5-1-2(8)6-4(10)7-3(1)9;;/h5H2,(H3,6,7,8,9,10);;. The monoisotopic (exact) mass is 183 g/mol. The molecule has 0 bridgehead atoms. The molecule has 0 aliphatic heterocycles. The van der Waals surface area contributed by atoms with E-state index in [1.165, 1.54) is 0 Å². The van der Waals surface area contributed by atoms with Gasteiger partial charge in [-0.25, -0.2) is 0 Å². The molecule has 0 spiro atoms. The second-order valence-corrected chi connectivity index (χ2v) is 1.98. The maximum atomic E-state index is 8.80. The molecule has 0 saturated heterocycles. The molecule has 0 radical (unpaired) electrons. The Labute approximate surface area is 90.4 Å². The van der Waals surface area contributed by atoms with Crippen LogP contribution in [0.3, 0.4) is 0 Å². The fraction of sp³-hybridized carbons (Fsp3) is 0. The molecule has 1 aromatic rings. The number of thiol groups is 1. The van der Waals surface area contributed by atoms with Gasteiger partial charge in [-0.1, -0.05) is 0 Å². The van der Waals surface area contributed by atoms with E-state index in [2.05, 4.69) is 22.6 Å². The first kappa shape index (κ1) is 10.8. The number of aromatic nitrogens is 2. The molecule has 0 aliphatic rings. The molecule has 5 nitrogen and oxygen atoms in total. The summed E-state index contributed by atoms with van der Waals surface area (Å²) in [4.78, 5) is 6.72. The van der Waals surface area contributed by atoms with Gasteiger partial charge in [-0.3, -0.25) is 0 Å². The summed E-state index contributed by atoms with van der Waals surface area (Å²) < 4.78 is 0. The predicted molar refractivity (Wildman–Crippen MR) is 44.2 cm³/mol. The summed E-state index contributed by atoms with van der Waals surface area (Å²) in [7, 11) is 0. The van der Waals surface area contributed by atoms with Crippen molar-refractivity contribution >= 4 is 47.9 Å².